The zero-order valence-electron chi connectivity index (χ0n) is 18.2. The van der Waals surface area contributed by atoms with Gasteiger partial charge in [0.25, 0.3) is 5.91 Å². The number of imidazole rings is 1. The molecular weight excluding hydrogens is 392 g/mol. The smallest absolute Gasteiger partial charge is 0.251 e. The Labute approximate surface area is 181 Å². The van der Waals surface area contributed by atoms with Gasteiger partial charge in [-0.25, -0.2) is 4.98 Å². The van der Waals surface area contributed by atoms with Crippen LogP contribution in [-0.2, 0) is 0 Å². The number of nitrogens with one attached hydrogen (secondary N) is 2. The first kappa shape index (κ1) is 19.9. The molecule has 2 aliphatic heterocycles. The summed E-state index contributed by atoms with van der Waals surface area (Å²) in [6.07, 6.45) is 1.71. The molecule has 0 radical (unpaired) electrons. The lowest BCUT2D eigenvalue weighted by molar-refractivity contribution is 0.0883. The number of carbonyl (C=O) groups excluding carboxylic acids is 1. The number of aryl methyl sites for hydroxylation is 2. The second-order valence-electron chi connectivity index (χ2n) is 8.63. The van der Waals surface area contributed by atoms with Crippen molar-refractivity contribution in [2.45, 2.75) is 38.8 Å². The number of H-pyrrole nitrogens is 1. The van der Waals surface area contributed by atoms with E-state index in [0.717, 1.165) is 36.2 Å². The van der Waals surface area contributed by atoms with Crippen LogP contribution in [0.1, 0.15) is 46.2 Å². The van der Waals surface area contributed by atoms with Crippen LogP contribution < -0.4 is 14.8 Å². The number of amides is 1. The molecule has 0 bridgehead atoms. The quantitative estimate of drug-likeness (QED) is 0.678. The average molecular weight is 421 g/mol. The van der Waals surface area contributed by atoms with E-state index in [0.29, 0.717) is 30.3 Å². The predicted molar refractivity (Wildman–Crippen MR) is 119 cm³/mol. The van der Waals surface area contributed by atoms with Crippen LogP contribution in [0.25, 0.3) is 11.0 Å². The molecule has 162 valence electrons. The van der Waals surface area contributed by atoms with E-state index in [4.69, 9.17) is 14.5 Å². The van der Waals surface area contributed by atoms with Crippen LogP contribution in [0.5, 0.6) is 11.5 Å². The summed E-state index contributed by atoms with van der Waals surface area (Å²) in [5.74, 6) is 2.20. The minimum absolute atomic E-state index is 0.0820. The van der Waals surface area contributed by atoms with Gasteiger partial charge in [0.15, 0.2) is 11.5 Å². The van der Waals surface area contributed by atoms with Crippen LogP contribution in [0.4, 0.5) is 0 Å². The van der Waals surface area contributed by atoms with Gasteiger partial charge < -0.3 is 19.8 Å². The molecule has 1 amide bonds. The first-order valence-corrected chi connectivity index (χ1v) is 10.9. The second-order valence-corrected chi connectivity index (χ2v) is 8.63. The standard InChI is InChI=1S/C24H28N4O3/c1-14-10-18-19(11-15(14)2)27-23(26-18)20-13-17(6-7-28(20)3)25-24(29)16-4-5-21-22(12-16)31-9-8-30-21/h4-5,10-12,17,20H,6-9,13H2,1-3H3,(H,25,29)(H,26,27)/t17-,20-/m1/s1. The van der Waals surface area contributed by atoms with Gasteiger partial charge in [0, 0.05) is 18.2 Å². The van der Waals surface area contributed by atoms with Crippen LogP contribution in [0.2, 0.25) is 0 Å². The molecule has 0 aliphatic carbocycles. The highest BCUT2D eigenvalue weighted by Gasteiger charge is 2.30. The number of rotatable bonds is 3. The van der Waals surface area contributed by atoms with E-state index >= 15 is 0 Å². The Morgan fingerprint density at radius 3 is 2.74 bits per heavy atom. The van der Waals surface area contributed by atoms with Crippen LogP contribution in [0, 0.1) is 13.8 Å². The Hall–Kier alpha value is -3.06. The number of hydrogen-bond donors (Lipinski definition) is 2. The molecule has 1 fully saturated rings. The minimum atomic E-state index is -0.0823. The first-order valence-electron chi connectivity index (χ1n) is 10.9. The molecule has 2 atom stereocenters. The summed E-state index contributed by atoms with van der Waals surface area (Å²) in [6.45, 7) is 6.17. The average Bonchev–Trinajstić information content (AvgIpc) is 3.17. The van der Waals surface area contributed by atoms with Gasteiger partial charge in [0.2, 0.25) is 0 Å². The van der Waals surface area contributed by atoms with Crippen molar-refractivity contribution in [1.82, 2.24) is 20.2 Å². The van der Waals surface area contributed by atoms with Crippen molar-refractivity contribution in [1.29, 1.82) is 0 Å². The van der Waals surface area contributed by atoms with Crippen molar-refractivity contribution in [2.75, 3.05) is 26.8 Å². The topological polar surface area (TPSA) is 79.5 Å². The molecule has 2 N–H and O–H groups in total. The third-order valence-electron chi connectivity index (χ3n) is 6.44. The molecule has 0 saturated carbocycles. The normalized spacial score (nSPS) is 21.3. The molecule has 1 aromatic heterocycles. The van der Waals surface area contributed by atoms with E-state index in [9.17, 15) is 4.79 Å². The second kappa shape index (κ2) is 7.89. The fourth-order valence-corrected chi connectivity index (χ4v) is 4.43. The van der Waals surface area contributed by atoms with Gasteiger partial charge in [0.1, 0.15) is 19.0 Å². The summed E-state index contributed by atoms with van der Waals surface area (Å²) >= 11 is 0. The fourth-order valence-electron chi connectivity index (χ4n) is 4.43. The number of aromatic nitrogens is 2. The Balaban J connectivity index is 1.32. The Morgan fingerprint density at radius 1 is 1.13 bits per heavy atom. The lowest BCUT2D eigenvalue weighted by Gasteiger charge is -2.36. The number of aromatic amines is 1. The number of piperidine rings is 1. The maximum absolute atomic E-state index is 12.9. The van der Waals surface area contributed by atoms with Gasteiger partial charge in [-0.05, 0) is 75.2 Å². The first-order chi connectivity index (χ1) is 15.0. The van der Waals surface area contributed by atoms with Crippen LogP contribution in [0.15, 0.2) is 30.3 Å². The van der Waals surface area contributed by atoms with Crippen molar-refractivity contribution in [3.63, 3.8) is 0 Å². The van der Waals surface area contributed by atoms with Crippen molar-refractivity contribution < 1.29 is 14.3 Å². The Morgan fingerprint density at radius 2 is 1.90 bits per heavy atom. The summed E-state index contributed by atoms with van der Waals surface area (Å²) in [4.78, 5) is 23.6. The van der Waals surface area contributed by atoms with Crippen molar-refractivity contribution in [2.24, 2.45) is 0 Å². The van der Waals surface area contributed by atoms with Crippen LogP contribution >= 0.6 is 0 Å². The summed E-state index contributed by atoms with van der Waals surface area (Å²) < 4.78 is 11.2. The molecule has 0 spiro atoms. The number of hydrogen-bond acceptors (Lipinski definition) is 5. The zero-order chi connectivity index (χ0) is 21.5. The zero-order valence-corrected chi connectivity index (χ0v) is 18.2. The van der Waals surface area contributed by atoms with Gasteiger partial charge in [-0.1, -0.05) is 0 Å². The maximum atomic E-state index is 12.9. The molecule has 2 aromatic carbocycles. The highest BCUT2D eigenvalue weighted by atomic mass is 16.6. The van der Waals surface area contributed by atoms with Gasteiger partial charge in [-0.15, -0.1) is 0 Å². The summed E-state index contributed by atoms with van der Waals surface area (Å²) in [7, 11) is 2.12. The van der Waals surface area contributed by atoms with Crippen molar-refractivity contribution in [3.8, 4) is 11.5 Å². The van der Waals surface area contributed by atoms with Gasteiger partial charge >= 0.3 is 0 Å². The molecule has 3 heterocycles. The monoisotopic (exact) mass is 420 g/mol. The van der Waals surface area contributed by atoms with E-state index in [-0.39, 0.29) is 18.0 Å². The SMILES string of the molecule is Cc1cc2nc([C@H]3C[C@H](NC(=O)c4ccc5c(c4)OCCO5)CCN3C)[nH]c2cc1C. The van der Waals surface area contributed by atoms with Gasteiger partial charge in [0.05, 0.1) is 17.1 Å². The third-order valence-corrected chi connectivity index (χ3v) is 6.44. The Bertz CT molecular complexity index is 1100. The molecule has 2 aliphatic rings. The highest BCUT2D eigenvalue weighted by molar-refractivity contribution is 5.95. The summed E-state index contributed by atoms with van der Waals surface area (Å²) in [5.41, 5.74) is 5.15. The highest BCUT2D eigenvalue weighted by Crippen LogP contribution is 2.32. The number of likely N-dealkylation sites (tertiary alicyclic amines) is 1. The van der Waals surface area contributed by atoms with Crippen LogP contribution in [0.3, 0.4) is 0 Å². The minimum Gasteiger partial charge on any atom is -0.486 e. The lowest BCUT2D eigenvalue weighted by Crippen LogP contribution is -2.45. The largest absolute Gasteiger partial charge is 0.486 e. The Kier molecular flexibility index (Phi) is 5.06. The molecule has 5 rings (SSSR count). The van der Waals surface area contributed by atoms with Gasteiger partial charge in [-0.3, -0.25) is 9.69 Å². The number of carbonyl (C=O) groups is 1. The molecule has 31 heavy (non-hydrogen) atoms. The van der Waals surface area contributed by atoms with Crippen LogP contribution in [-0.4, -0.2) is 53.6 Å². The molecule has 0 unspecified atom stereocenters. The molecule has 3 aromatic rings. The van der Waals surface area contributed by atoms with E-state index in [1.807, 2.05) is 0 Å². The molecule has 7 nitrogen and oxygen atoms in total. The summed E-state index contributed by atoms with van der Waals surface area (Å²) in [6, 6.07) is 9.86. The van der Waals surface area contributed by atoms with E-state index < -0.39 is 0 Å². The maximum Gasteiger partial charge on any atom is 0.251 e. The molecular formula is C24H28N4O3. The summed E-state index contributed by atoms with van der Waals surface area (Å²) in [5, 5.41) is 3.21. The lowest BCUT2D eigenvalue weighted by atomic mass is 9.96. The van der Waals surface area contributed by atoms with Crippen molar-refractivity contribution in [3.05, 3.63) is 52.8 Å². The number of ether oxygens (including phenoxy) is 2. The van der Waals surface area contributed by atoms with Gasteiger partial charge in [-0.2, -0.15) is 0 Å². The fraction of sp³-hybridized carbons (Fsp3) is 0.417. The molecule has 1 saturated heterocycles. The predicted octanol–water partition coefficient (Wildman–Crippen LogP) is 3.52. The third kappa shape index (κ3) is 3.85. The van der Waals surface area contributed by atoms with E-state index in [1.54, 1.807) is 18.2 Å². The molecule has 7 heteroatoms. The number of fused-ring (bicyclic) bond motifs is 2. The van der Waals surface area contributed by atoms with E-state index in [2.05, 4.69) is 48.2 Å². The van der Waals surface area contributed by atoms with Crippen molar-refractivity contribution >= 4 is 16.9 Å². The number of nitrogens with zero attached hydrogens (tertiary/aromatic N) is 2. The van der Waals surface area contributed by atoms with E-state index in [1.165, 1.54) is 11.1 Å². The number of benzene rings is 2.